The number of carbonyl (C=O) groups is 1. The zero-order chi connectivity index (χ0) is 10.1. The monoisotopic (exact) mass is 192 g/mol. The molecule has 14 heavy (non-hydrogen) atoms. The Labute approximate surface area is 81.9 Å². The van der Waals surface area contributed by atoms with Gasteiger partial charge < -0.3 is 15.7 Å². The zero-order valence-electron chi connectivity index (χ0n) is 7.87. The Hall–Kier alpha value is -1.71. The van der Waals surface area contributed by atoms with Crippen molar-refractivity contribution in [3.63, 3.8) is 0 Å². The lowest BCUT2D eigenvalue weighted by molar-refractivity contribution is 0.247. The molecule has 1 aliphatic rings. The van der Waals surface area contributed by atoms with Gasteiger partial charge in [-0.2, -0.15) is 0 Å². The topological polar surface area (TPSA) is 61.4 Å². The van der Waals surface area contributed by atoms with E-state index in [9.17, 15) is 9.90 Å². The minimum absolute atomic E-state index is 0.123. The van der Waals surface area contributed by atoms with Crippen LogP contribution in [0.1, 0.15) is 17.2 Å². The summed E-state index contributed by atoms with van der Waals surface area (Å²) >= 11 is 0. The molecule has 4 nitrogen and oxygen atoms in total. The molecule has 3 N–H and O–H groups in total. The first-order valence-electron chi connectivity index (χ1n) is 4.50. The van der Waals surface area contributed by atoms with Crippen molar-refractivity contribution in [1.82, 2.24) is 10.6 Å². The minimum Gasteiger partial charge on any atom is -0.508 e. The second-order valence-electron chi connectivity index (χ2n) is 3.47. The fraction of sp³-hybridized carbons (Fsp3) is 0.300. The van der Waals surface area contributed by atoms with Crippen LogP contribution < -0.4 is 10.6 Å². The number of rotatable bonds is 1. The van der Waals surface area contributed by atoms with Crippen molar-refractivity contribution in [2.45, 2.75) is 13.0 Å². The third-order valence-electron chi connectivity index (χ3n) is 2.33. The molecule has 0 bridgehead atoms. The molecular formula is C10H12N2O2. The number of phenolic OH excluding ortho intramolecular Hbond substituents is 1. The first-order valence-corrected chi connectivity index (χ1v) is 4.50. The van der Waals surface area contributed by atoms with Crippen LogP contribution in [0.15, 0.2) is 18.2 Å². The van der Waals surface area contributed by atoms with Crippen LogP contribution in [0, 0.1) is 6.92 Å². The van der Waals surface area contributed by atoms with E-state index in [-0.39, 0.29) is 17.8 Å². The van der Waals surface area contributed by atoms with Crippen molar-refractivity contribution >= 4 is 6.03 Å². The number of hydrogen-bond donors (Lipinski definition) is 3. The molecule has 0 unspecified atom stereocenters. The summed E-state index contributed by atoms with van der Waals surface area (Å²) in [5, 5.41) is 15.0. The fourth-order valence-corrected chi connectivity index (χ4v) is 1.60. The average molecular weight is 192 g/mol. The van der Waals surface area contributed by atoms with Crippen LogP contribution in [0.2, 0.25) is 0 Å². The predicted molar refractivity (Wildman–Crippen MR) is 52.1 cm³/mol. The number of nitrogens with one attached hydrogen (secondary N) is 2. The maximum Gasteiger partial charge on any atom is 0.315 e. The predicted octanol–water partition coefficient (Wildman–Crippen LogP) is 1.05. The third-order valence-corrected chi connectivity index (χ3v) is 2.33. The molecule has 1 saturated heterocycles. The van der Waals surface area contributed by atoms with E-state index in [1.165, 1.54) is 0 Å². The van der Waals surface area contributed by atoms with Crippen molar-refractivity contribution in [1.29, 1.82) is 0 Å². The first-order chi connectivity index (χ1) is 6.66. The molecule has 1 atom stereocenters. The van der Waals surface area contributed by atoms with Gasteiger partial charge in [0.1, 0.15) is 5.75 Å². The maximum absolute atomic E-state index is 10.9. The van der Waals surface area contributed by atoms with Crippen molar-refractivity contribution < 1.29 is 9.90 Å². The molecule has 2 rings (SSSR count). The van der Waals surface area contributed by atoms with Gasteiger partial charge in [-0.3, -0.25) is 0 Å². The summed E-state index contributed by atoms with van der Waals surface area (Å²) in [6, 6.07) is 5.06. The molecule has 74 valence electrons. The van der Waals surface area contributed by atoms with Crippen LogP contribution in [-0.4, -0.2) is 17.7 Å². The molecule has 0 saturated carbocycles. The molecule has 0 spiro atoms. The molecule has 1 aliphatic heterocycles. The van der Waals surface area contributed by atoms with Crippen molar-refractivity contribution in [2.75, 3.05) is 6.54 Å². The summed E-state index contributed by atoms with van der Waals surface area (Å²) in [6.07, 6.45) is 0. The van der Waals surface area contributed by atoms with Crippen LogP contribution in [0.5, 0.6) is 5.75 Å². The lowest BCUT2D eigenvalue weighted by Crippen LogP contribution is -2.21. The number of aromatic hydroxyl groups is 1. The molecule has 4 heteroatoms. The Morgan fingerprint density at radius 3 is 2.93 bits per heavy atom. The van der Waals surface area contributed by atoms with Crippen LogP contribution in [0.3, 0.4) is 0 Å². The Morgan fingerprint density at radius 2 is 2.29 bits per heavy atom. The van der Waals surface area contributed by atoms with Crippen LogP contribution in [0.25, 0.3) is 0 Å². The number of urea groups is 1. The lowest BCUT2D eigenvalue weighted by Gasteiger charge is -2.11. The number of amides is 2. The van der Waals surface area contributed by atoms with Gasteiger partial charge in [-0.05, 0) is 13.0 Å². The van der Waals surface area contributed by atoms with E-state index >= 15 is 0 Å². The molecule has 1 aromatic carbocycles. The highest BCUT2D eigenvalue weighted by Gasteiger charge is 2.23. The van der Waals surface area contributed by atoms with E-state index in [0.29, 0.717) is 6.54 Å². The fourth-order valence-electron chi connectivity index (χ4n) is 1.60. The van der Waals surface area contributed by atoms with Gasteiger partial charge in [0, 0.05) is 12.1 Å². The molecule has 1 aromatic rings. The van der Waals surface area contributed by atoms with Gasteiger partial charge in [-0.25, -0.2) is 4.79 Å². The minimum atomic E-state index is -0.184. The summed E-state index contributed by atoms with van der Waals surface area (Å²) in [5.41, 5.74) is 1.84. The van der Waals surface area contributed by atoms with E-state index in [1.807, 2.05) is 19.1 Å². The van der Waals surface area contributed by atoms with Gasteiger partial charge in [0.05, 0.1) is 6.04 Å². The number of aryl methyl sites for hydroxylation is 1. The van der Waals surface area contributed by atoms with Gasteiger partial charge in [0.15, 0.2) is 0 Å². The quantitative estimate of drug-likeness (QED) is 0.623. The van der Waals surface area contributed by atoms with Crippen LogP contribution >= 0.6 is 0 Å². The lowest BCUT2D eigenvalue weighted by atomic mass is 10.0. The molecule has 2 amide bonds. The van der Waals surface area contributed by atoms with E-state index in [0.717, 1.165) is 11.1 Å². The Balaban J connectivity index is 2.31. The zero-order valence-corrected chi connectivity index (χ0v) is 7.87. The number of hydrogen-bond acceptors (Lipinski definition) is 2. The molecular weight excluding hydrogens is 180 g/mol. The molecule has 0 aliphatic carbocycles. The molecule has 0 radical (unpaired) electrons. The van der Waals surface area contributed by atoms with E-state index in [1.54, 1.807) is 6.07 Å². The first kappa shape index (κ1) is 8.87. The Bertz CT molecular complexity index is 376. The highest BCUT2D eigenvalue weighted by atomic mass is 16.3. The maximum atomic E-state index is 10.9. The van der Waals surface area contributed by atoms with E-state index < -0.39 is 0 Å². The van der Waals surface area contributed by atoms with Gasteiger partial charge >= 0.3 is 6.03 Å². The number of carbonyl (C=O) groups excluding carboxylic acids is 1. The Morgan fingerprint density at radius 1 is 1.50 bits per heavy atom. The number of benzene rings is 1. The van der Waals surface area contributed by atoms with Gasteiger partial charge in [-0.15, -0.1) is 0 Å². The van der Waals surface area contributed by atoms with Gasteiger partial charge in [-0.1, -0.05) is 17.7 Å². The van der Waals surface area contributed by atoms with E-state index in [2.05, 4.69) is 10.6 Å². The standard InChI is InChI=1S/C10H12N2O2/c1-6-2-3-9(13)7(4-6)8-5-11-10(14)12-8/h2-4,8,13H,5H2,1H3,(H2,11,12,14)/t8-/m1/s1. The second kappa shape index (κ2) is 3.21. The summed E-state index contributed by atoms with van der Waals surface area (Å²) in [5.74, 6) is 0.226. The Kier molecular flexibility index (Phi) is 2.04. The SMILES string of the molecule is Cc1ccc(O)c([C@H]2CNC(=O)N2)c1. The molecule has 1 fully saturated rings. The molecule has 1 heterocycles. The highest BCUT2D eigenvalue weighted by Crippen LogP contribution is 2.26. The summed E-state index contributed by atoms with van der Waals surface area (Å²) in [4.78, 5) is 10.9. The smallest absolute Gasteiger partial charge is 0.315 e. The number of phenols is 1. The van der Waals surface area contributed by atoms with Gasteiger partial charge in [0.2, 0.25) is 0 Å². The largest absolute Gasteiger partial charge is 0.508 e. The normalized spacial score (nSPS) is 20.4. The van der Waals surface area contributed by atoms with Gasteiger partial charge in [0.25, 0.3) is 0 Å². The van der Waals surface area contributed by atoms with Crippen molar-refractivity contribution in [2.24, 2.45) is 0 Å². The van der Waals surface area contributed by atoms with Crippen molar-refractivity contribution in [3.05, 3.63) is 29.3 Å². The second-order valence-corrected chi connectivity index (χ2v) is 3.47. The van der Waals surface area contributed by atoms with E-state index in [4.69, 9.17) is 0 Å². The summed E-state index contributed by atoms with van der Waals surface area (Å²) in [7, 11) is 0. The van der Waals surface area contributed by atoms with Crippen LogP contribution in [-0.2, 0) is 0 Å². The average Bonchev–Trinajstić information content (AvgIpc) is 2.56. The van der Waals surface area contributed by atoms with Crippen molar-refractivity contribution in [3.8, 4) is 5.75 Å². The summed E-state index contributed by atoms with van der Waals surface area (Å²) in [6.45, 7) is 2.48. The highest BCUT2D eigenvalue weighted by molar-refractivity contribution is 5.77. The molecule has 0 aromatic heterocycles. The third kappa shape index (κ3) is 1.51. The van der Waals surface area contributed by atoms with Crippen LogP contribution in [0.4, 0.5) is 4.79 Å². The summed E-state index contributed by atoms with van der Waals surface area (Å²) < 4.78 is 0.